The van der Waals surface area contributed by atoms with Crippen LogP contribution in [0.5, 0.6) is 11.5 Å². The van der Waals surface area contributed by atoms with Crippen LogP contribution in [0.2, 0.25) is 0 Å². The highest BCUT2D eigenvalue weighted by Gasteiger charge is 2.34. The third-order valence-corrected chi connectivity index (χ3v) is 7.40. The molecule has 0 radical (unpaired) electrons. The van der Waals surface area contributed by atoms with Gasteiger partial charge in [-0.2, -0.15) is 0 Å². The Morgan fingerprint density at radius 1 is 0.950 bits per heavy atom. The van der Waals surface area contributed by atoms with Gasteiger partial charge in [-0.15, -0.1) is 0 Å². The largest absolute Gasteiger partial charge is 0.493 e. The molecule has 2 aromatic rings. The lowest BCUT2D eigenvalue weighted by atomic mass is 9.93. The Labute approximate surface area is 238 Å². The molecule has 1 unspecified atom stereocenters. The minimum Gasteiger partial charge on any atom is -0.493 e. The summed E-state index contributed by atoms with van der Waals surface area (Å²) in [5.41, 5.74) is 1.39. The molecule has 1 heterocycles. The molecule has 1 aliphatic heterocycles. The molecule has 1 N–H and O–H groups in total. The van der Waals surface area contributed by atoms with Crippen LogP contribution in [0, 0.1) is 11.8 Å². The Bertz CT molecular complexity index is 1080. The van der Waals surface area contributed by atoms with E-state index >= 15 is 0 Å². The van der Waals surface area contributed by atoms with E-state index in [4.69, 9.17) is 18.9 Å². The van der Waals surface area contributed by atoms with Gasteiger partial charge in [-0.3, -0.25) is 9.59 Å². The van der Waals surface area contributed by atoms with Gasteiger partial charge in [-0.1, -0.05) is 30.3 Å². The standard InChI is InChI=1S/C31H45N3O6/c1-22(2)34(30(35)24-13-14-27(38-5)28(17-24)40-16-10-15-37-4)21-26-19-32-18-25(26)20-33(3)31(36)29(39-6)23-11-8-7-9-12-23/h7-9,11-14,17,22,25-26,29,32H,10,15-16,18-21H2,1-6H3/t25-,26-,29?/m0/s1. The van der Waals surface area contributed by atoms with Crippen LogP contribution in [0.25, 0.3) is 0 Å². The van der Waals surface area contributed by atoms with Gasteiger partial charge in [0.05, 0.1) is 13.7 Å². The monoisotopic (exact) mass is 555 g/mol. The average Bonchev–Trinajstić information content (AvgIpc) is 3.40. The number of carbonyl (C=O) groups is 2. The minimum atomic E-state index is -0.645. The molecule has 1 aliphatic rings. The number of carbonyl (C=O) groups excluding carboxylic acids is 2. The predicted octanol–water partition coefficient (Wildman–Crippen LogP) is 3.64. The number of hydrogen-bond donors (Lipinski definition) is 1. The first-order valence-electron chi connectivity index (χ1n) is 13.9. The summed E-state index contributed by atoms with van der Waals surface area (Å²) in [6.45, 7) is 7.84. The van der Waals surface area contributed by atoms with Crippen LogP contribution in [-0.4, -0.2) is 95.4 Å². The molecule has 0 bridgehead atoms. The van der Waals surface area contributed by atoms with Gasteiger partial charge in [0.1, 0.15) is 0 Å². The zero-order valence-corrected chi connectivity index (χ0v) is 24.7. The maximum atomic E-state index is 13.7. The summed E-state index contributed by atoms with van der Waals surface area (Å²) in [4.78, 5) is 30.7. The van der Waals surface area contributed by atoms with Gasteiger partial charge >= 0.3 is 0 Å². The molecule has 0 aromatic heterocycles. The van der Waals surface area contributed by atoms with E-state index in [1.54, 1.807) is 44.4 Å². The van der Waals surface area contributed by atoms with Gasteiger partial charge in [0.2, 0.25) is 0 Å². The highest BCUT2D eigenvalue weighted by molar-refractivity contribution is 5.95. The highest BCUT2D eigenvalue weighted by atomic mass is 16.5. The molecule has 0 spiro atoms. The van der Waals surface area contributed by atoms with Gasteiger partial charge < -0.3 is 34.1 Å². The summed E-state index contributed by atoms with van der Waals surface area (Å²) in [6, 6.07) is 14.9. The van der Waals surface area contributed by atoms with Crippen molar-refractivity contribution in [2.75, 3.05) is 67.8 Å². The summed E-state index contributed by atoms with van der Waals surface area (Å²) < 4.78 is 22.0. The fourth-order valence-electron chi connectivity index (χ4n) is 5.12. The Morgan fingerprint density at radius 3 is 2.27 bits per heavy atom. The number of amides is 2. The first kappa shape index (κ1) is 31.4. The molecular weight excluding hydrogens is 510 g/mol. The second-order valence-electron chi connectivity index (χ2n) is 10.5. The van der Waals surface area contributed by atoms with Crippen molar-refractivity contribution in [3.8, 4) is 11.5 Å². The van der Waals surface area contributed by atoms with Crippen molar-refractivity contribution in [2.24, 2.45) is 11.8 Å². The molecule has 2 aromatic carbocycles. The van der Waals surface area contributed by atoms with E-state index in [2.05, 4.69) is 5.32 Å². The number of hydrogen-bond acceptors (Lipinski definition) is 7. The van der Waals surface area contributed by atoms with Crippen LogP contribution < -0.4 is 14.8 Å². The highest BCUT2D eigenvalue weighted by Crippen LogP contribution is 2.30. The van der Waals surface area contributed by atoms with Crippen molar-refractivity contribution < 1.29 is 28.5 Å². The maximum absolute atomic E-state index is 13.7. The van der Waals surface area contributed by atoms with E-state index in [1.165, 1.54) is 0 Å². The van der Waals surface area contributed by atoms with Gasteiger partial charge in [0.15, 0.2) is 17.6 Å². The van der Waals surface area contributed by atoms with Gasteiger partial charge in [0.25, 0.3) is 11.8 Å². The van der Waals surface area contributed by atoms with Crippen LogP contribution in [-0.2, 0) is 14.3 Å². The molecule has 1 saturated heterocycles. The lowest BCUT2D eigenvalue weighted by Crippen LogP contribution is -2.44. The SMILES string of the molecule is COCCCOc1cc(C(=O)N(C[C@@H]2CNC[C@H]2CN(C)C(=O)C(OC)c2ccccc2)C(C)C)ccc1OC. The third-order valence-electron chi connectivity index (χ3n) is 7.40. The summed E-state index contributed by atoms with van der Waals surface area (Å²) in [7, 11) is 6.62. The van der Waals surface area contributed by atoms with Crippen molar-refractivity contribution in [1.29, 1.82) is 0 Å². The van der Waals surface area contributed by atoms with Crippen molar-refractivity contribution in [1.82, 2.24) is 15.1 Å². The smallest absolute Gasteiger partial charge is 0.256 e. The second kappa shape index (κ2) is 15.6. The summed E-state index contributed by atoms with van der Waals surface area (Å²) in [5, 5.41) is 3.47. The second-order valence-corrected chi connectivity index (χ2v) is 10.5. The zero-order chi connectivity index (χ0) is 29.1. The predicted molar refractivity (Wildman–Crippen MR) is 155 cm³/mol. The van der Waals surface area contributed by atoms with Crippen LogP contribution in [0.1, 0.15) is 42.3 Å². The fourth-order valence-corrected chi connectivity index (χ4v) is 5.12. The van der Waals surface area contributed by atoms with Crippen LogP contribution in [0.4, 0.5) is 0 Å². The number of likely N-dealkylation sites (N-methyl/N-ethyl adjacent to an activating group) is 1. The third kappa shape index (κ3) is 8.19. The van der Waals surface area contributed by atoms with Crippen LogP contribution >= 0.6 is 0 Å². The maximum Gasteiger partial charge on any atom is 0.256 e. The molecule has 2 amide bonds. The lowest BCUT2D eigenvalue weighted by molar-refractivity contribution is -0.141. The molecule has 9 heteroatoms. The van der Waals surface area contributed by atoms with Crippen molar-refractivity contribution in [3.05, 3.63) is 59.7 Å². The summed E-state index contributed by atoms with van der Waals surface area (Å²) in [5.74, 6) is 1.39. The first-order valence-corrected chi connectivity index (χ1v) is 13.9. The van der Waals surface area contributed by atoms with E-state index in [-0.39, 0.29) is 29.7 Å². The minimum absolute atomic E-state index is 0.00256. The molecular formula is C31H45N3O6. The zero-order valence-electron chi connectivity index (χ0n) is 24.7. The van der Waals surface area contributed by atoms with Crippen molar-refractivity contribution in [3.63, 3.8) is 0 Å². The van der Waals surface area contributed by atoms with Crippen LogP contribution in [0.3, 0.4) is 0 Å². The molecule has 9 nitrogen and oxygen atoms in total. The topological polar surface area (TPSA) is 89.6 Å². The number of nitrogens with one attached hydrogen (secondary N) is 1. The summed E-state index contributed by atoms with van der Waals surface area (Å²) in [6.07, 6.45) is 0.0909. The quantitative estimate of drug-likeness (QED) is 0.336. The number of rotatable bonds is 15. The van der Waals surface area contributed by atoms with E-state index in [0.29, 0.717) is 43.4 Å². The molecule has 3 atom stereocenters. The molecule has 40 heavy (non-hydrogen) atoms. The van der Waals surface area contributed by atoms with Gasteiger partial charge in [-0.25, -0.2) is 0 Å². The Kier molecular flexibility index (Phi) is 12.2. The number of benzene rings is 2. The molecule has 220 valence electrons. The van der Waals surface area contributed by atoms with E-state index in [0.717, 1.165) is 25.1 Å². The average molecular weight is 556 g/mol. The van der Waals surface area contributed by atoms with E-state index in [1.807, 2.05) is 56.1 Å². The van der Waals surface area contributed by atoms with Crippen LogP contribution in [0.15, 0.2) is 48.5 Å². The summed E-state index contributed by atoms with van der Waals surface area (Å²) >= 11 is 0. The van der Waals surface area contributed by atoms with E-state index in [9.17, 15) is 9.59 Å². The lowest BCUT2D eigenvalue weighted by Gasteiger charge is -2.33. The normalized spacial score (nSPS) is 17.5. The molecule has 1 fully saturated rings. The molecule has 0 aliphatic carbocycles. The fraction of sp³-hybridized carbons (Fsp3) is 0.548. The Hall–Kier alpha value is -3.14. The molecule has 0 saturated carbocycles. The first-order chi connectivity index (χ1) is 19.3. The van der Waals surface area contributed by atoms with Crippen molar-refractivity contribution >= 4 is 11.8 Å². The number of ether oxygens (including phenoxy) is 4. The van der Waals surface area contributed by atoms with Crippen molar-refractivity contribution in [2.45, 2.75) is 32.4 Å². The van der Waals surface area contributed by atoms with Gasteiger partial charge in [0, 0.05) is 72.1 Å². The number of methoxy groups -OCH3 is 3. The van der Waals surface area contributed by atoms with Gasteiger partial charge in [-0.05, 0) is 49.4 Å². The Morgan fingerprint density at radius 2 is 1.65 bits per heavy atom. The Balaban J connectivity index is 1.69. The molecule has 3 rings (SSSR count). The number of nitrogens with zero attached hydrogens (tertiary/aromatic N) is 2. The van der Waals surface area contributed by atoms with E-state index < -0.39 is 6.10 Å².